The Balaban J connectivity index is 2.68. The molecule has 2 rings (SSSR count). The van der Waals surface area contributed by atoms with Crippen LogP contribution in [0.3, 0.4) is 0 Å². The lowest BCUT2D eigenvalue weighted by atomic mass is 10.0. The molecule has 0 bridgehead atoms. The van der Waals surface area contributed by atoms with E-state index in [0.717, 1.165) is 16.8 Å². The van der Waals surface area contributed by atoms with E-state index in [2.05, 4.69) is 35.9 Å². The highest BCUT2D eigenvalue weighted by Crippen LogP contribution is 2.22. The first-order valence-corrected chi connectivity index (χ1v) is 6.42. The van der Waals surface area contributed by atoms with Gasteiger partial charge in [-0.25, -0.2) is 4.68 Å². The minimum absolute atomic E-state index is 0.0842. The van der Waals surface area contributed by atoms with Gasteiger partial charge in [0.1, 0.15) is 0 Å². The van der Waals surface area contributed by atoms with E-state index in [0.29, 0.717) is 11.3 Å². The number of aromatic nitrogens is 2. The van der Waals surface area contributed by atoms with Crippen molar-refractivity contribution >= 4 is 12.6 Å². The highest BCUT2D eigenvalue weighted by Gasteiger charge is 2.09. The van der Waals surface area contributed by atoms with Crippen LogP contribution in [-0.4, -0.2) is 9.78 Å². The van der Waals surface area contributed by atoms with Crippen molar-refractivity contribution in [3.05, 3.63) is 51.3 Å². The Hall–Kier alpha value is -1.55. The van der Waals surface area contributed by atoms with E-state index in [1.807, 2.05) is 19.9 Å². The second kappa shape index (κ2) is 4.98. The molecule has 3 nitrogen and oxygen atoms in total. The largest absolute Gasteiger partial charge is 0.270 e. The first-order chi connectivity index (χ1) is 8.52. The monoisotopic (exact) mass is 260 g/mol. The highest BCUT2D eigenvalue weighted by atomic mass is 32.1. The fraction of sp³-hybridized carbons (Fsp3) is 0.286. The van der Waals surface area contributed by atoms with Gasteiger partial charge in [-0.15, -0.1) is 0 Å². The lowest BCUT2D eigenvalue weighted by Gasteiger charge is -2.09. The van der Waals surface area contributed by atoms with Crippen molar-refractivity contribution in [2.24, 2.45) is 7.05 Å². The van der Waals surface area contributed by atoms with Gasteiger partial charge in [-0.05, 0) is 31.5 Å². The van der Waals surface area contributed by atoms with Gasteiger partial charge in [-0.2, -0.15) is 17.7 Å². The normalized spacial score (nSPS) is 10.7. The van der Waals surface area contributed by atoms with E-state index in [9.17, 15) is 4.79 Å². The van der Waals surface area contributed by atoms with Crippen LogP contribution in [0.25, 0.3) is 11.3 Å². The summed E-state index contributed by atoms with van der Waals surface area (Å²) in [7, 11) is 1.67. The number of thiol groups is 1. The van der Waals surface area contributed by atoms with Crippen molar-refractivity contribution in [3.8, 4) is 11.3 Å². The second-order valence-corrected chi connectivity index (χ2v) is 4.78. The van der Waals surface area contributed by atoms with Gasteiger partial charge in [0.25, 0.3) is 5.56 Å². The van der Waals surface area contributed by atoms with E-state index in [1.54, 1.807) is 7.05 Å². The average Bonchev–Trinajstić information content (AvgIpc) is 2.35. The van der Waals surface area contributed by atoms with Crippen LogP contribution >= 0.6 is 12.6 Å². The van der Waals surface area contributed by atoms with Crippen LogP contribution in [0.5, 0.6) is 0 Å². The maximum Gasteiger partial charge on any atom is 0.270 e. The third kappa shape index (κ3) is 2.34. The van der Waals surface area contributed by atoms with Crippen LogP contribution in [0.2, 0.25) is 0 Å². The summed E-state index contributed by atoms with van der Waals surface area (Å²) in [6.07, 6.45) is 0. The van der Waals surface area contributed by atoms with Crippen molar-refractivity contribution in [3.63, 3.8) is 0 Å². The van der Waals surface area contributed by atoms with E-state index in [-0.39, 0.29) is 5.56 Å². The third-order valence-corrected chi connectivity index (χ3v) is 3.32. The first-order valence-electron chi connectivity index (χ1n) is 5.78. The molecule has 0 aliphatic carbocycles. The zero-order chi connectivity index (χ0) is 13.3. The van der Waals surface area contributed by atoms with Crippen molar-refractivity contribution in [1.29, 1.82) is 0 Å². The first kappa shape index (κ1) is 12.9. The molecule has 0 amide bonds. The molecule has 0 aliphatic rings. The number of rotatable bonds is 2. The summed E-state index contributed by atoms with van der Waals surface area (Å²) < 4.78 is 1.38. The molecule has 4 heteroatoms. The summed E-state index contributed by atoms with van der Waals surface area (Å²) in [6, 6.07) is 8.06. The molecule has 94 valence electrons. The smallest absolute Gasteiger partial charge is 0.267 e. The van der Waals surface area contributed by atoms with E-state index in [1.165, 1.54) is 10.2 Å². The van der Waals surface area contributed by atoms with Gasteiger partial charge in [0.2, 0.25) is 0 Å². The minimum Gasteiger partial charge on any atom is -0.267 e. The molecule has 0 atom stereocenters. The Morgan fingerprint density at radius 3 is 2.67 bits per heavy atom. The molecule has 0 aliphatic heterocycles. The van der Waals surface area contributed by atoms with Gasteiger partial charge in [-0.1, -0.05) is 17.7 Å². The average molecular weight is 260 g/mol. The molecule has 0 spiro atoms. The summed E-state index contributed by atoms with van der Waals surface area (Å²) in [5.41, 5.74) is 4.80. The number of aryl methyl sites for hydroxylation is 3. The molecule has 1 heterocycles. The van der Waals surface area contributed by atoms with Gasteiger partial charge < -0.3 is 0 Å². The fourth-order valence-electron chi connectivity index (χ4n) is 1.93. The third-order valence-electron chi connectivity index (χ3n) is 2.98. The van der Waals surface area contributed by atoms with Crippen LogP contribution in [0.15, 0.2) is 29.1 Å². The zero-order valence-electron chi connectivity index (χ0n) is 10.8. The van der Waals surface area contributed by atoms with Crippen molar-refractivity contribution in [2.45, 2.75) is 19.6 Å². The Bertz CT molecular complexity index is 647. The summed E-state index contributed by atoms with van der Waals surface area (Å²) in [4.78, 5) is 11.8. The maximum atomic E-state index is 11.8. The van der Waals surface area contributed by atoms with E-state index >= 15 is 0 Å². The van der Waals surface area contributed by atoms with Crippen molar-refractivity contribution < 1.29 is 0 Å². The summed E-state index contributed by atoms with van der Waals surface area (Å²) in [6.45, 7) is 4.09. The highest BCUT2D eigenvalue weighted by molar-refractivity contribution is 7.79. The molecule has 0 saturated heterocycles. The molecular formula is C14H16N2OS. The van der Waals surface area contributed by atoms with Gasteiger partial charge in [0.15, 0.2) is 0 Å². The van der Waals surface area contributed by atoms with Gasteiger partial charge in [0.05, 0.1) is 5.69 Å². The van der Waals surface area contributed by atoms with Crippen LogP contribution in [0.4, 0.5) is 0 Å². The maximum absolute atomic E-state index is 11.8. The minimum atomic E-state index is -0.0842. The Kier molecular flexibility index (Phi) is 3.57. The Labute approximate surface area is 112 Å². The van der Waals surface area contributed by atoms with Crippen molar-refractivity contribution in [1.82, 2.24) is 9.78 Å². The van der Waals surface area contributed by atoms with Crippen molar-refractivity contribution in [2.75, 3.05) is 0 Å². The molecule has 1 aromatic heterocycles. The number of hydrogen-bond donors (Lipinski definition) is 1. The SMILES string of the molecule is Cc1ccc(C)c(-c2cc(CS)c(=O)n(C)n2)c1. The van der Waals surface area contributed by atoms with Gasteiger partial charge in [0, 0.05) is 23.9 Å². The fourth-order valence-corrected chi connectivity index (χ4v) is 2.15. The molecule has 1 aromatic carbocycles. The molecule has 18 heavy (non-hydrogen) atoms. The number of nitrogens with zero attached hydrogens (tertiary/aromatic N) is 2. The standard InChI is InChI=1S/C14H16N2OS/c1-9-4-5-10(2)12(6-9)13-7-11(8-18)14(17)16(3)15-13/h4-7,18H,8H2,1-3H3. The molecule has 0 fully saturated rings. The van der Waals surface area contributed by atoms with Crippen LogP contribution in [-0.2, 0) is 12.8 Å². The molecule has 2 aromatic rings. The predicted octanol–water partition coefficient (Wildman–Crippen LogP) is 2.49. The lowest BCUT2D eigenvalue weighted by Crippen LogP contribution is -2.23. The summed E-state index contributed by atoms with van der Waals surface area (Å²) in [5.74, 6) is 0.424. The van der Waals surface area contributed by atoms with Gasteiger partial charge >= 0.3 is 0 Å². The van der Waals surface area contributed by atoms with E-state index < -0.39 is 0 Å². The quantitative estimate of drug-likeness (QED) is 0.842. The topological polar surface area (TPSA) is 34.9 Å². The van der Waals surface area contributed by atoms with E-state index in [4.69, 9.17) is 0 Å². The van der Waals surface area contributed by atoms with Crippen LogP contribution in [0.1, 0.15) is 16.7 Å². The number of benzene rings is 1. The molecular weight excluding hydrogens is 244 g/mol. The van der Waals surface area contributed by atoms with Crippen LogP contribution in [0, 0.1) is 13.8 Å². The van der Waals surface area contributed by atoms with Gasteiger partial charge in [-0.3, -0.25) is 4.79 Å². The second-order valence-electron chi connectivity index (χ2n) is 4.46. The Morgan fingerprint density at radius 1 is 1.28 bits per heavy atom. The lowest BCUT2D eigenvalue weighted by molar-refractivity contribution is 0.704. The summed E-state index contributed by atoms with van der Waals surface area (Å²) >= 11 is 4.19. The van der Waals surface area contributed by atoms with Crippen LogP contribution < -0.4 is 5.56 Å². The number of hydrogen-bond acceptors (Lipinski definition) is 3. The molecule has 0 unspecified atom stereocenters. The molecule has 0 saturated carbocycles. The zero-order valence-corrected chi connectivity index (χ0v) is 11.7. The molecule has 0 N–H and O–H groups in total. The predicted molar refractivity (Wildman–Crippen MR) is 77.1 cm³/mol. The Morgan fingerprint density at radius 2 is 2.00 bits per heavy atom. The summed E-state index contributed by atoms with van der Waals surface area (Å²) in [5, 5.41) is 4.32. The molecule has 0 radical (unpaired) electrons.